The molecule has 0 amide bonds. The fourth-order valence-corrected chi connectivity index (χ4v) is 1.85. The molecule has 0 radical (unpaired) electrons. The van der Waals surface area contributed by atoms with Gasteiger partial charge in [-0.25, -0.2) is 4.98 Å². The summed E-state index contributed by atoms with van der Waals surface area (Å²) in [5.41, 5.74) is 1.29. The summed E-state index contributed by atoms with van der Waals surface area (Å²) in [6.07, 6.45) is 1.69. The molecule has 0 unspecified atom stereocenters. The van der Waals surface area contributed by atoms with Crippen LogP contribution in [0.5, 0.6) is 0 Å². The second-order valence-corrected chi connectivity index (χ2v) is 4.20. The quantitative estimate of drug-likeness (QED) is 0.865. The fourth-order valence-electron chi connectivity index (χ4n) is 1.68. The Balaban J connectivity index is 2.65. The predicted octanol–water partition coefficient (Wildman–Crippen LogP) is 2.68. The van der Waals surface area contributed by atoms with E-state index in [-0.39, 0.29) is 11.3 Å². The van der Waals surface area contributed by atoms with Crippen molar-refractivity contribution in [1.82, 2.24) is 9.97 Å². The maximum Gasteiger partial charge on any atom is 0.251 e. The van der Waals surface area contributed by atoms with Crippen molar-refractivity contribution in [1.29, 1.82) is 0 Å². The molecule has 0 bridgehead atoms. The van der Waals surface area contributed by atoms with Crippen LogP contribution in [0.1, 0.15) is 23.7 Å². The van der Waals surface area contributed by atoms with E-state index < -0.39 is 0 Å². The van der Waals surface area contributed by atoms with E-state index >= 15 is 0 Å². The molecule has 0 saturated heterocycles. The summed E-state index contributed by atoms with van der Waals surface area (Å²) in [4.78, 5) is 29.6. The molecule has 2 aromatic rings. The smallest absolute Gasteiger partial charge is 0.251 e. The lowest BCUT2D eigenvalue weighted by atomic mass is 9.99. The number of aromatic nitrogens is 2. The highest BCUT2D eigenvalue weighted by Gasteiger charge is 2.13. The second-order valence-electron chi connectivity index (χ2n) is 3.76. The first-order chi connectivity index (χ1) is 8.61. The third-order valence-corrected chi connectivity index (χ3v) is 2.79. The molecular weight excluding hydrogens is 252 g/mol. The van der Waals surface area contributed by atoms with Crippen LogP contribution >= 0.6 is 11.6 Å². The van der Waals surface area contributed by atoms with Crippen LogP contribution in [-0.4, -0.2) is 15.8 Å². The summed E-state index contributed by atoms with van der Waals surface area (Å²) < 4.78 is 0. The molecular formula is C13H11ClN2O2. The molecule has 0 atom stereocenters. The molecule has 0 spiro atoms. The predicted molar refractivity (Wildman–Crippen MR) is 69.9 cm³/mol. The zero-order valence-corrected chi connectivity index (χ0v) is 10.5. The normalized spacial score (nSPS) is 10.3. The highest BCUT2D eigenvalue weighted by atomic mass is 35.5. The topological polar surface area (TPSA) is 62.8 Å². The minimum absolute atomic E-state index is 0.0104. The van der Waals surface area contributed by atoms with E-state index in [2.05, 4.69) is 9.97 Å². The van der Waals surface area contributed by atoms with Crippen molar-refractivity contribution in [2.45, 2.75) is 13.3 Å². The molecule has 0 saturated carbocycles. The van der Waals surface area contributed by atoms with E-state index in [4.69, 9.17) is 11.6 Å². The third kappa shape index (κ3) is 2.49. The standard InChI is InChI=1S/C13H11ClN2O2/c1-2-12(17)9-4-3-8(14)5-10(9)11-6-13(18)16-7-15-11/h3-7H,2H2,1H3,(H,15,16,18). The fraction of sp³-hybridized carbons (Fsp3) is 0.154. The Kier molecular flexibility index (Phi) is 3.58. The molecule has 1 heterocycles. The Morgan fingerprint density at radius 3 is 2.83 bits per heavy atom. The molecule has 4 nitrogen and oxygen atoms in total. The van der Waals surface area contributed by atoms with Crippen LogP contribution < -0.4 is 5.56 Å². The Labute approximate surface area is 109 Å². The lowest BCUT2D eigenvalue weighted by Crippen LogP contribution is -2.07. The maximum atomic E-state index is 11.8. The van der Waals surface area contributed by atoms with Crippen LogP contribution in [0.15, 0.2) is 35.4 Å². The van der Waals surface area contributed by atoms with Gasteiger partial charge in [0.05, 0.1) is 12.0 Å². The molecule has 1 aromatic carbocycles. The van der Waals surface area contributed by atoms with Gasteiger partial charge in [-0.15, -0.1) is 0 Å². The van der Waals surface area contributed by atoms with Gasteiger partial charge in [0.25, 0.3) is 5.56 Å². The van der Waals surface area contributed by atoms with Crippen molar-refractivity contribution in [2.75, 3.05) is 0 Å². The Hall–Kier alpha value is -1.94. The zero-order chi connectivity index (χ0) is 13.1. The van der Waals surface area contributed by atoms with Crippen molar-refractivity contribution >= 4 is 17.4 Å². The SMILES string of the molecule is CCC(=O)c1ccc(Cl)cc1-c1cc(=O)[nH]cn1. The molecule has 18 heavy (non-hydrogen) atoms. The minimum atomic E-state index is -0.269. The van der Waals surface area contributed by atoms with E-state index in [0.717, 1.165) is 0 Å². The number of carbonyl (C=O) groups excluding carboxylic acids is 1. The molecule has 2 rings (SSSR count). The number of nitrogens with one attached hydrogen (secondary N) is 1. The van der Waals surface area contributed by atoms with Crippen molar-refractivity contribution in [3.05, 3.63) is 51.5 Å². The minimum Gasteiger partial charge on any atom is -0.313 e. The summed E-state index contributed by atoms with van der Waals surface area (Å²) in [6.45, 7) is 1.78. The maximum absolute atomic E-state index is 11.8. The van der Waals surface area contributed by atoms with Gasteiger partial charge < -0.3 is 4.98 Å². The van der Waals surface area contributed by atoms with Crippen molar-refractivity contribution in [2.24, 2.45) is 0 Å². The van der Waals surface area contributed by atoms with Crippen LogP contribution in [0.25, 0.3) is 11.3 Å². The van der Waals surface area contributed by atoms with E-state index in [1.54, 1.807) is 25.1 Å². The molecule has 1 N–H and O–H groups in total. The van der Waals surface area contributed by atoms with Gasteiger partial charge in [-0.1, -0.05) is 18.5 Å². The van der Waals surface area contributed by atoms with Crippen molar-refractivity contribution in [3.63, 3.8) is 0 Å². The van der Waals surface area contributed by atoms with Gasteiger partial charge >= 0.3 is 0 Å². The molecule has 0 aliphatic carbocycles. The number of hydrogen-bond donors (Lipinski definition) is 1. The average Bonchev–Trinajstić information content (AvgIpc) is 2.38. The Morgan fingerprint density at radius 1 is 1.39 bits per heavy atom. The van der Waals surface area contributed by atoms with Gasteiger partial charge in [-0.05, 0) is 18.2 Å². The second kappa shape index (κ2) is 5.14. The number of rotatable bonds is 3. The number of Topliss-reactive ketones (excluding diaryl/α,β-unsaturated/α-hetero) is 1. The van der Waals surface area contributed by atoms with Gasteiger partial charge in [-0.2, -0.15) is 0 Å². The highest BCUT2D eigenvalue weighted by Crippen LogP contribution is 2.25. The monoisotopic (exact) mass is 262 g/mol. The summed E-state index contributed by atoms with van der Waals surface area (Å²) >= 11 is 5.93. The first-order valence-electron chi connectivity index (χ1n) is 5.49. The summed E-state index contributed by atoms with van der Waals surface area (Å²) in [7, 11) is 0. The molecule has 0 fully saturated rings. The van der Waals surface area contributed by atoms with E-state index in [0.29, 0.717) is 28.3 Å². The molecule has 0 aliphatic rings. The molecule has 1 aromatic heterocycles. The van der Waals surface area contributed by atoms with Crippen LogP contribution in [-0.2, 0) is 0 Å². The summed E-state index contributed by atoms with van der Waals surface area (Å²) in [5, 5.41) is 0.500. The lowest BCUT2D eigenvalue weighted by molar-refractivity contribution is 0.0989. The van der Waals surface area contributed by atoms with E-state index in [1.165, 1.54) is 12.4 Å². The van der Waals surface area contributed by atoms with Gasteiger partial charge in [-0.3, -0.25) is 9.59 Å². The Morgan fingerprint density at radius 2 is 2.17 bits per heavy atom. The first kappa shape index (κ1) is 12.5. The Bertz CT molecular complexity index is 649. The largest absolute Gasteiger partial charge is 0.313 e. The van der Waals surface area contributed by atoms with Crippen LogP contribution in [0, 0.1) is 0 Å². The molecule has 0 aliphatic heterocycles. The van der Waals surface area contributed by atoms with Crippen molar-refractivity contribution in [3.8, 4) is 11.3 Å². The third-order valence-electron chi connectivity index (χ3n) is 2.56. The summed E-state index contributed by atoms with van der Waals surface area (Å²) in [5.74, 6) is -0.0104. The lowest BCUT2D eigenvalue weighted by Gasteiger charge is -2.07. The van der Waals surface area contributed by atoms with Gasteiger partial charge in [0.1, 0.15) is 0 Å². The molecule has 92 valence electrons. The van der Waals surface area contributed by atoms with E-state index in [1.807, 2.05) is 0 Å². The van der Waals surface area contributed by atoms with Crippen LogP contribution in [0.3, 0.4) is 0 Å². The van der Waals surface area contributed by atoms with Gasteiger partial charge in [0.15, 0.2) is 5.78 Å². The number of hydrogen-bond acceptors (Lipinski definition) is 3. The zero-order valence-electron chi connectivity index (χ0n) is 9.74. The molecule has 5 heteroatoms. The van der Waals surface area contributed by atoms with E-state index in [9.17, 15) is 9.59 Å². The number of ketones is 1. The van der Waals surface area contributed by atoms with Crippen LogP contribution in [0.2, 0.25) is 5.02 Å². The highest BCUT2D eigenvalue weighted by molar-refractivity contribution is 6.31. The number of benzene rings is 1. The summed E-state index contributed by atoms with van der Waals surface area (Å²) in [6, 6.07) is 6.30. The van der Waals surface area contributed by atoms with Gasteiger partial charge in [0.2, 0.25) is 0 Å². The number of nitrogens with zero attached hydrogens (tertiary/aromatic N) is 1. The van der Waals surface area contributed by atoms with Crippen LogP contribution in [0.4, 0.5) is 0 Å². The van der Waals surface area contributed by atoms with Crippen molar-refractivity contribution < 1.29 is 4.79 Å². The van der Waals surface area contributed by atoms with Gasteiger partial charge in [0, 0.05) is 28.6 Å². The number of carbonyl (C=O) groups is 1. The first-order valence-corrected chi connectivity index (χ1v) is 5.87. The number of aromatic amines is 1. The average molecular weight is 263 g/mol. The number of halogens is 1. The number of H-pyrrole nitrogens is 1.